The average Bonchev–Trinajstić information content (AvgIpc) is 3.39. The summed E-state index contributed by atoms with van der Waals surface area (Å²) in [5, 5.41) is 11.2. The fourth-order valence-corrected chi connectivity index (χ4v) is 5.09. The molecule has 1 amide bonds. The van der Waals surface area contributed by atoms with Crippen molar-refractivity contribution in [3.63, 3.8) is 0 Å². The number of carbonyl (C=O) groups is 2. The first-order valence-electron chi connectivity index (χ1n) is 10.7. The van der Waals surface area contributed by atoms with Crippen LogP contribution in [0.3, 0.4) is 0 Å². The largest absolute Gasteiger partial charge is 0.465 e. The molecule has 12 heteroatoms. The third-order valence-electron chi connectivity index (χ3n) is 5.25. The maximum atomic E-state index is 13.3. The van der Waals surface area contributed by atoms with Gasteiger partial charge in [-0.1, -0.05) is 17.7 Å². The minimum Gasteiger partial charge on any atom is -0.465 e. The SMILES string of the molecule is CCN(CC)C(=O)c1sc(NC(=S)Nc2cnn(Cc3ccc(F)cc3Cl)c2)c(C(=O)OC)c1C. The van der Waals surface area contributed by atoms with Crippen LogP contribution in [0.4, 0.5) is 15.1 Å². The van der Waals surface area contributed by atoms with E-state index in [0.29, 0.717) is 51.3 Å². The van der Waals surface area contributed by atoms with Crippen LogP contribution in [0.25, 0.3) is 0 Å². The molecule has 0 atom stereocenters. The number of nitrogens with one attached hydrogen (secondary N) is 2. The standard InChI is InChI=1S/C23H25ClFN5O3S2/c1-5-29(6-2)21(31)19-13(3)18(22(32)33-4)20(35-19)28-23(34)27-16-10-26-30(12-16)11-14-7-8-15(25)9-17(14)24/h7-10,12H,5-6,11H2,1-4H3,(H2,27,28,34). The summed E-state index contributed by atoms with van der Waals surface area (Å²) >= 11 is 12.7. The topological polar surface area (TPSA) is 88.5 Å². The Kier molecular flexibility index (Phi) is 8.82. The number of rotatable bonds is 8. The van der Waals surface area contributed by atoms with Crippen LogP contribution >= 0.6 is 35.2 Å². The van der Waals surface area contributed by atoms with Crippen LogP contribution in [0.2, 0.25) is 5.02 Å². The summed E-state index contributed by atoms with van der Waals surface area (Å²) in [5.41, 5.74) is 2.10. The highest BCUT2D eigenvalue weighted by Crippen LogP contribution is 2.34. The second-order valence-electron chi connectivity index (χ2n) is 7.47. The Morgan fingerprint density at radius 2 is 2.00 bits per heavy atom. The van der Waals surface area contributed by atoms with E-state index in [1.165, 1.54) is 19.2 Å². The van der Waals surface area contributed by atoms with Gasteiger partial charge in [0, 0.05) is 24.3 Å². The second-order valence-corrected chi connectivity index (χ2v) is 9.31. The van der Waals surface area contributed by atoms with Gasteiger partial charge in [0.05, 0.1) is 36.0 Å². The number of thiophene rings is 1. The molecule has 0 radical (unpaired) electrons. The van der Waals surface area contributed by atoms with Crippen LogP contribution in [0.15, 0.2) is 30.6 Å². The summed E-state index contributed by atoms with van der Waals surface area (Å²) in [6, 6.07) is 4.19. The number of anilines is 2. The van der Waals surface area contributed by atoms with Crippen molar-refractivity contribution in [1.29, 1.82) is 0 Å². The highest BCUT2D eigenvalue weighted by atomic mass is 35.5. The van der Waals surface area contributed by atoms with Crippen molar-refractivity contribution in [2.24, 2.45) is 0 Å². The van der Waals surface area contributed by atoms with E-state index in [-0.39, 0.29) is 16.6 Å². The van der Waals surface area contributed by atoms with Crippen LogP contribution in [-0.2, 0) is 11.3 Å². The molecular formula is C23H25ClFN5O3S2. The van der Waals surface area contributed by atoms with E-state index in [1.807, 2.05) is 13.8 Å². The lowest BCUT2D eigenvalue weighted by atomic mass is 10.1. The lowest BCUT2D eigenvalue weighted by Gasteiger charge is -2.17. The van der Waals surface area contributed by atoms with E-state index in [2.05, 4.69) is 15.7 Å². The molecule has 3 rings (SSSR count). The number of nitrogens with zero attached hydrogens (tertiary/aromatic N) is 3. The first-order valence-corrected chi connectivity index (χ1v) is 12.3. The number of carbonyl (C=O) groups excluding carboxylic acids is 2. The van der Waals surface area contributed by atoms with Crippen LogP contribution in [0, 0.1) is 12.7 Å². The lowest BCUT2D eigenvalue weighted by Crippen LogP contribution is -2.30. The van der Waals surface area contributed by atoms with Gasteiger partial charge in [0.25, 0.3) is 5.91 Å². The molecule has 2 N–H and O–H groups in total. The van der Waals surface area contributed by atoms with Crippen molar-refractivity contribution in [3.05, 3.63) is 63.0 Å². The third kappa shape index (κ3) is 6.16. The average molecular weight is 538 g/mol. The number of ether oxygens (including phenoxy) is 1. The summed E-state index contributed by atoms with van der Waals surface area (Å²) in [7, 11) is 1.29. The number of halogens is 2. The molecule has 0 bridgehead atoms. The molecule has 2 aromatic heterocycles. The van der Waals surface area contributed by atoms with Crippen molar-refractivity contribution in [2.75, 3.05) is 30.8 Å². The van der Waals surface area contributed by atoms with Gasteiger partial charge in [0.15, 0.2) is 5.11 Å². The van der Waals surface area contributed by atoms with Gasteiger partial charge < -0.3 is 20.3 Å². The molecule has 186 valence electrons. The molecule has 2 heterocycles. The maximum absolute atomic E-state index is 13.3. The van der Waals surface area contributed by atoms with Crippen LogP contribution < -0.4 is 10.6 Å². The summed E-state index contributed by atoms with van der Waals surface area (Å²) in [6.45, 7) is 6.95. The zero-order valence-electron chi connectivity index (χ0n) is 19.6. The Hall–Kier alpha value is -3.02. The molecule has 35 heavy (non-hydrogen) atoms. The molecule has 0 fully saturated rings. The summed E-state index contributed by atoms with van der Waals surface area (Å²) < 4.78 is 19.8. The summed E-state index contributed by atoms with van der Waals surface area (Å²) in [6.07, 6.45) is 3.28. The van der Waals surface area contributed by atoms with E-state index in [1.54, 1.807) is 35.0 Å². The molecule has 8 nitrogen and oxygen atoms in total. The van der Waals surface area contributed by atoms with Gasteiger partial charge in [-0.25, -0.2) is 9.18 Å². The number of hydrogen-bond acceptors (Lipinski definition) is 6. The first-order chi connectivity index (χ1) is 16.7. The summed E-state index contributed by atoms with van der Waals surface area (Å²) in [4.78, 5) is 27.5. The number of hydrogen-bond donors (Lipinski definition) is 2. The molecule has 0 unspecified atom stereocenters. The number of benzene rings is 1. The Morgan fingerprint density at radius 1 is 1.29 bits per heavy atom. The normalized spacial score (nSPS) is 10.7. The number of thiocarbonyl (C=S) groups is 1. The van der Waals surface area contributed by atoms with Gasteiger partial charge >= 0.3 is 5.97 Å². The van der Waals surface area contributed by atoms with E-state index in [9.17, 15) is 14.0 Å². The molecule has 0 spiro atoms. The minimum absolute atomic E-state index is 0.157. The Morgan fingerprint density at radius 3 is 2.63 bits per heavy atom. The van der Waals surface area contributed by atoms with Gasteiger partial charge in [0.2, 0.25) is 0 Å². The Labute approximate surface area is 217 Å². The summed E-state index contributed by atoms with van der Waals surface area (Å²) in [5.74, 6) is -1.13. The predicted octanol–water partition coefficient (Wildman–Crippen LogP) is 5.17. The van der Waals surface area contributed by atoms with Crippen LogP contribution in [0.5, 0.6) is 0 Å². The molecule has 1 aromatic carbocycles. The van der Waals surface area contributed by atoms with E-state index in [0.717, 1.165) is 11.3 Å². The molecule has 0 aliphatic heterocycles. The number of aromatic nitrogens is 2. The predicted molar refractivity (Wildman–Crippen MR) is 140 cm³/mol. The maximum Gasteiger partial charge on any atom is 0.341 e. The number of amides is 1. The van der Waals surface area contributed by atoms with Crippen molar-refractivity contribution in [3.8, 4) is 0 Å². The molecule has 0 saturated heterocycles. The van der Waals surface area contributed by atoms with Crippen LogP contribution in [0.1, 0.15) is 45.0 Å². The minimum atomic E-state index is -0.563. The number of methoxy groups -OCH3 is 1. The number of esters is 1. The fraction of sp³-hybridized carbons (Fsp3) is 0.304. The first kappa shape index (κ1) is 26.6. The second kappa shape index (κ2) is 11.6. The zero-order chi connectivity index (χ0) is 25.7. The van der Waals surface area contributed by atoms with Crippen molar-refractivity contribution in [2.45, 2.75) is 27.3 Å². The van der Waals surface area contributed by atoms with Gasteiger partial charge in [-0.3, -0.25) is 9.48 Å². The highest BCUT2D eigenvalue weighted by molar-refractivity contribution is 7.80. The van der Waals surface area contributed by atoms with Gasteiger partial charge in [0.1, 0.15) is 10.8 Å². The highest BCUT2D eigenvalue weighted by Gasteiger charge is 2.27. The molecular weight excluding hydrogens is 513 g/mol. The van der Waals surface area contributed by atoms with E-state index < -0.39 is 11.8 Å². The fourth-order valence-electron chi connectivity index (χ4n) is 3.41. The van der Waals surface area contributed by atoms with Gasteiger partial charge in [-0.15, -0.1) is 11.3 Å². The Balaban J connectivity index is 1.77. The molecule has 0 aliphatic carbocycles. The van der Waals surface area contributed by atoms with Crippen molar-refractivity contribution >= 4 is 62.8 Å². The van der Waals surface area contributed by atoms with Crippen LogP contribution in [-0.4, -0.2) is 51.9 Å². The molecule has 0 aliphatic rings. The third-order valence-corrected chi connectivity index (χ3v) is 7.00. The van der Waals surface area contributed by atoms with Gasteiger partial charge in [-0.05, 0) is 56.2 Å². The Bertz CT molecular complexity index is 1260. The van der Waals surface area contributed by atoms with E-state index >= 15 is 0 Å². The van der Waals surface area contributed by atoms with Crippen molar-refractivity contribution < 1.29 is 18.7 Å². The van der Waals surface area contributed by atoms with Gasteiger partial charge in [-0.2, -0.15) is 5.10 Å². The lowest BCUT2D eigenvalue weighted by molar-refractivity contribution is 0.0601. The monoisotopic (exact) mass is 537 g/mol. The molecule has 3 aromatic rings. The van der Waals surface area contributed by atoms with Crippen molar-refractivity contribution in [1.82, 2.24) is 14.7 Å². The van der Waals surface area contributed by atoms with E-state index in [4.69, 9.17) is 28.6 Å². The smallest absolute Gasteiger partial charge is 0.341 e. The quantitative estimate of drug-likeness (QED) is 0.302. The zero-order valence-corrected chi connectivity index (χ0v) is 22.0. The molecule has 0 saturated carbocycles.